The van der Waals surface area contributed by atoms with E-state index in [1.807, 2.05) is 20.8 Å². The topological polar surface area (TPSA) is 85.2 Å². The van der Waals surface area contributed by atoms with Crippen molar-refractivity contribution >= 4 is 15.7 Å². The van der Waals surface area contributed by atoms with Gasteiger partial charge < -0.3 is 14.7 Å². The Kier molecular flexibility index (Phi) is 5.41. The van der Waals surface area contributed by atoms with E-state index < -0.39 is 26.0 Å². The molecule has 8 heteroatoms. The third kappa shape index (κ3) is 5.39. The lowest BCUT2D eigenvalue weighted by atomic mass is 9.96. The van der Waals surface area contributed by atoms with Crippen molar-refractivity contribution in [1.82, 2.24) is 0 Å². The van der Waals surface area contributed by atoms with Crippen molar-refractivity contribution in [2.75, 3.05) is 13.2 Å². The summed E-state index contributed by atoms with van der Waals surface area (Å²) in [6.07, 6.45) is -1.19. The third-order valence-corrected chi connectivity index (χ3v) is 3.33. The van der Waals surface area contributed by atoms with E-state index in [0.29, 0.717) is 0 Å². The van der Waals surface area contributed by atoms with Crippen molar-refractivity contribution in [1.29, 1.82) is 0 Å². The van der Waals surface area contributed by atoms with Crippen LogP contribution in [0.2, 0.25) is 0 Å². The van der Waals surface area contributed by atoms with Gasteiger partial charge in [0.2, 0.25) is 0 Å². The van der Waals surface area contributed by atoms with E-state index in [1.165, 1.54) is 0 Å². The summed E-state index contributed by atoms with van der Waals surface area (Å²) in [6, 6.07) is -0.602. The maximum Gasteiger partial charge on any atom is 0.472 e. The Bertz CT molecular complexity index is 318. The van der Waals surface area contributed by atoms with Gasteiger partial charge in [0.25, 0.3) is 0 Å². The highest BCUT2D eigenvalue weighted by molar-refractivity contribution is 7.47. The number of rotatable bonds is 5. The molecule has 0 aliphatic carbocycles. The van der Waals surface area contributed by atoms with Gasteiger partial charge in [-0.2, -0.15) is 0 Å². The number of aliphatic hydroxyl groups is 1. The Hall–Kier alpha value is 0.0949. The van der Waals surface area contributed by atoms with Gasteiger partial charge in [0.1, 0.15) is 14.0 Å². The predicted octanol–water partition coefficient (Wildman–Crippen LogP) is 0.810. The number of hydrogen-bond acceptors (Lipinski definition) is 5. The lowest BCUT2D eigenvalue weighted by molar-refractivity contribution is -0.00980. The Morgan fingerprint density at radius 1 is 1.50 bits per heavy atom. The molecule has 0 aromatic rings. The van der Waals surface area contributed by atoms with Crippen LogP contribution >= 0.6 is 7.82 Å². The average Bonchev–Trinajstić information content (AvgIpc) is 2.54. The highest BCUT2D eigenvalue weighted by Gasteiger charge is 2.38. The molecule has 2 unspecified atom stereocenters. The van der Waals surface area contributed by atoms with E-state index in [-0.39, 0.29) is 25.0 Å². The smallest absolute Gasteiger partial charge is 0.394 e. The fourth-order valence-electron chi connectivity index (χ4n) is 1.50. The second kappa shape index (κ2) is 6.03. The van der Waals surface area contributed by atoms with Crippen molar-refractivity contribution in [3.63, 3.8) is 0 Å². The molecule has 0 aromatic carbocycles. The summed E-state index contributed by atoms with van der Waals surface area (Å²) in [7, 11) is 1.37. The summed E-state index contributed by atoms with van der Waals surface area (Å²) in [5.41, 5.74) is -0.249. The van der Waals surface area contributed by atoms with Crippen LogP contribution in [0.4, 0.5) is 0 Å². The van der Waals surface area contributed by atoms with E-state index in [2.05, 4.69) is 0 Å². The minimum atomic E-state index is -4.16. The van der Waals surface area contributed by atoms with E-state index in [0.717, 1.165) is 0 Å². The van der Waals surface area contributed by atoms with Crippen LogP contribution in [0.15, 0.2) is 0 Å². The third-order valence-electron chi connectivity index (χ3n) is 2.34. The first kappa shape index (κ1) is 16.2. The molecule has 0 aromatic heterocycles. The SMILES string of the molecule is [B][C@H]1CC(OP(=O)(O)OCC(C)(C)C)[C@@H](CO)O1. The second-order valence-electron chi connectivity index (χ2n) is 5.58. The van der Waals surface area contributed by atoms with Crippen molar-refractivity contribution in [3.05, 3.63) is 0 Å². The normalized spacial score (nSPS) is 32.4. The van der Waals surface area contributed by atoms with Crippen LogP contribution in [-0.4, -0.2) is 49.3 Å². The number of aliphatic hydroxyl groups excluding tert-OH is 1. The molecular formula is C10H20BO6P. The molecule has 0 amide bonds. The molecule has 0 bridgehead atoms. The lowest BCUT2D eigenvalue weighted by Gasteiger charge is -2.23. The molecule has 2 N–H and O–H groups in total. The van der Waals surface area contributed by atoms with Crippen molar-refractivity contribution in [2.45, 2.75) is 45.4 Å². The predicted molar refractivity (Wildman–Crippen MR) is 66.2 cm³/mol. The quantitative estimate of drug-likeness (QED) is 0.571. The van der Waals surface area contributed by atoms with Crippen LogP contribution in [0.3, 0.4) is 0 Å². The number of ether oxygens (including phenoxy) is 1. The minimum Gasteiger partial charge on any atom is -0.394 e. The van der Waals surface area contributed by atoms with E-state index in [4.69, 9.17) is 26.7 Å². The van der Waals surface area contributed by atoms with Crippen LogP contribution in [-0.2, 0) is 18.3 Å². The first-order chi connectivity index (χ1) is 8.13. The molecule has 1 saturated heterocycles. The second-order valence-corrected chi connectivity index (χ2v) is 6.98. The first-order valence-electron chi connectivity index (χ1n) is 5.80. The Morgan fingerprint density at radius 3 is 2.61 bits per heavy atom. The van der Waals surface area contributed by atoms with Crippen LogP contribution < -0.4 is 0 Å². The van der Waals surface area contributed by atoms with Gasteiger partial charge in [-0.05, 0) is 11.8 Å². The van der Waals surface area contributed by atoms with E-state index in [1.54, 1.807) is 0 Å². The largest absolute Gasteiger partial charge is 0.472 e. The summed E-state index contributed by atoms with van der Waals surface area (Å²) in [6.45, 7) is 5.39. The highest BCUT2D eigenvalue weighted by Crippen LogP contribution is 2.48. The average molecular weight is 278 g/mol. The van der Waals surface area contributed by atoms with Gasteiger partial charge in [-0.15, -0.1) is 0 Å². The summed E-state index contributed by atoms with van der Waals surface area (Å²) in [5, 5.41) is 9.04. The number of phosphoric acid groups is 1. The lowest BCUT2D eigenvalue weighted by Crippen LogP contribution is -2.27. The summed E-state index contributed by atoms with van der Waals surface area (Å²) >= 11 is 0. The summed E-state index contributed by atoms with van der Waals surface area (Å²) in [5.74, 6) is 0. The van der Waals surface area contributed by atoms with Gasteiger partial charge in [0, 0.05) is 6.00 Å². The molecule has 1 aliphatic heterocycles. The van der Waals surface area contributed by atoms with Gasteiger partial charge >= 0.3 is 7.82 Å². The van der Waals surface area contributed by atoms with E-state index >= 15 is 0 Å². The molecule has 0 spiro atoms. The van der Waals surface area contributed by atoms with Gasteiger partial charge in [-0.3, -0.25) is 9.05 Å². The van der Waals surface area contributed by atoms with E-state index in [9.17, 15) is 9.46 Å². The molecule has 18 heavy (non-hydrogen) atoms. The molecule has 4 atom stereocenters. The standard InChI is InChI=1S/C10H20BO6P/c1-10(2,3)6-15-18(13,14)17-7-4-9(11)16-8(7)5-12/h7-9,12H,4-6H2,1-3H3,(H,13,14)/t7?,8-,9-/m1/s1. The maximum atomic E-state index is 11.7. The summed E-state index contributed by atoms with van der Waals surface area (Å²) < 4.78 is 26.7. The van der Waals surface area contributed by atoms with Crippen molar-refractivity contribution < 1.29 is 28.3 Å². The van der Waals surface area contributed by atoms with Crippen LogP contribution in [0.1, 0.15) is 27.2 Å². The zero-order valence-corrected chi connectivity index (χ0v) is 11.8. The van der Waals surface area contributed by atoms with Crippen molar-refractivity contribution in [2.24, 2.45) is 5.41 Å². The molecule has 104 valence electrons. The molecule has 2 radical (unpaired) electrons. The number of hydrogen-bond donors (Lipinski definition) is 2. The molecule has 1 heterocycles. The van der Waals surface area contributed by atoms with Gasteiger partial charge in [0.15, 0.2) is 0 Å². The van der Waals surface area contributed by atoms with Gasteiger partial charge in [-0.1, -0.05) is 20.8 Å². The fourth-order valence-corrected chi connectivity index (χ4v) is 2.67. The highest BCUT2D eigenvalue weighted by atomic mass is 31.2. The molecule has 0 saturated carbocycles. The maximum absolute atomic E-state index is 11.7. The molecule has 1 fully saturated rings. The van der Waals surface area contributed by atoms with Gasteiger partial charge in [-0.25, -0.2) is 4.57 Å². The van der Waals surface area contributed by atoms with Gasteiger partial charge in [0.05, 0.1) is 19.3 Å². The van der Waals surface area contributed by atoms with Crippen LogP contribution in [0.25, 0.3) is 0 Å². The molecule has 1 rings (SSSR count). The Labute approximate surface area is 109 Å². The number of phosphoric ester groups is 1. The monoisotopic (exact) mass is 278 g/mol. The first-order valence-corrected chi connectivity index (χ1v) is 7.30. The van der Waals surface area contributed by atoms with Crippen molar-refractivity contribution in [3.8, 4) is 0 Å². The molecule has 6 nitrogen and oxygen atoms in total. The fraction of sp³-hybridized carbons (Fsp3) is 1.00. The zero-order valence-electron chi connectivity index (χ0n) is 10.9. The summed E-state index contributed by atoms with van der Waals surface area (Å²) in [4.78, 5) is 9.57. The minimum absolute atomic E-state index is 0.0875. The van der Waals surface area contributed by atoms with Crippen LogP contribution in [0.5, 0.6) is 0 Å². The Morgan fingerprint density at radius 2 is 2.11 bits per heavy atom. The zero-order chi connectivity index (χ0) is 14.0. The molecule has 1 aliphatic rings. The Balaban J connectivity index is 2.52. The molecular weight excluding hydrogens is 258 g/mol. The van der Waals surface area contributed by atoms with Crippen LogP contribution in [0, 0.1) is 5.41 Å².